The molecule has 4 rings (SSSR count). The zero-order valence-corrected chi connectivity index (χ0v) is 20.2. The fraction of sp³-hybridized carbons (Fsp3) is 0.318. The predicted octanol–water partition coefficient (Wildman–Crippen LogP) is 3.55. The molecule has 8 nitrogen and oxygen atoms in total. The Morgan fingerprint density at radius 2 is 1.88 bits per heavy atom. The molecule has 1 aliphatic rings. The number of nitrogens with one attached hydrogen (secondary N) is 2. The smallest absolute Gasteiger partial charge is 0.274 e. The van der Waals surface area contributed by atoms with E-state index in [1.165, 1.54) is 6.20 Å². The van der Waals surface area contributed by atoms with Gasteiger partial charge < -0.3 is 24.7 Å². The van der Waals surface area contributed by atoms with Crippen LogP contribution in [0, 0.1) is 0 Å². The van der Waals surface area contributed by atoms with E-state index in [1.54, 1.807) is 24.9 Å². The molecule has 32 heavy (non-hydrogen) atoms. The molecule has 0 saturated carbocycles. The molecule has 3 heterocycles. The summed E-state index contributed by atoms with van der Waals surface area (Å²) in [6.45, 7) is 5.11. The Bertz CT molecular complexity index is 1290. The van der Waals surface area contributed by atoms with Crippen LogP contribution in [0.25, 0.3) is 0 Å². The Balaban J connectivity index is 1.66. The van der Waals surface area contributed by atoms with Gasteiger partial charge in [0.25, 0.3) is 5.56 Å². The van der Waals surface area contributed by atoms with E-state index < -0.39 is 7.14 Å². The van der Waals surface area contributed by atoms with Gasteiger partial charge in [-0.1, -0.05) is 23.7 Å². The monoisotopic (exact) mass is 472 g/mol. The first-order valence-electron chi connectivity index (χ1n) is 10.2. The van der Waals surface area contributed by atoms with Gasteiger partial charge in [-0.2, -0.15) is 4.98 Å². The van der Waals surface area contributed by atoms with Gasteiger partial charge in [0.2, 0.25) is 5.95 Å². The van der Waals surface area contributed by atoms with Crippen molar-refractivity contribution in [3.63, 3.8) is 0 Å². The molecule has 0 unspecified atom stereocenters. The summed E-state index contributed by atoms with van der Waals surface area (Å²) in [6, 6.07) is 9.24. The third kappa shape index (κ3) is 4.58. The van der Waals surface area contributed by atoms with E-state index in [0.29, 0.717) is 27.5 Å². The lowest BCUT2D eigenvalue weighted by Gasteiger charge is -2.27. The van der Waals surface area contributed by atoms with Gasteiger partial charge in [-0.3, -0.25) is 4.79 Å². The lowest BCUT2D eigenvalue weighted by Crippen LogP contribution is -2.34. The Labute approximate surface area is 192 Å². The maximum atomic E-state index is 12.9. The van der Waals surface area contributed by atoms with Crippen molar-refractivity contribution in [3.8, 4) is 0 Å². The quantitative estimate of drug-likeness (QED) is 0.548. The Hall–Kier alpha value is -2.67. The number of rotatable bonds is 5. The molecule has 0 saturated heterocycles. The summed E-state index contributed by atoms with van der Waals surface area (Å²) < 4.78 is 14.3. The lowest BCUT2D eigenvalue weighted by molar-refractivity contribution is 0.301. The minimum Gasteiger partial charge on any atom is -0.338 e. The number of para-hydroxylation sites is 1. The van der Waals surface area contributed by atoms with E-state index in [-0.39, 0.29) is 11.5 Å². The molecule has 0 radical (unpaired) electrons. The number of hydrogen-bond donors (Lipinski definition) is 2. The number of hydrogen-bond acceptors (Lipinski definition) is 7. The number of halogens is 1. The Morgan fingerprint density at radius 1 is 1.12 bits per heavy atom. The van der Waals surface area contributed by atoms with Crippen LogP contribution in [0.2, 0.25) is 5.02 Å². The number of nitrogens with zero attached hydrogens (tertiary/aromatic N) is 4. The minimum atomic E-state index is -2.51. The van der Waals surface area contributed by atoms with E-state index in [4.69, 9.17) is 11.6 Å². The van der Waals surface area contributed by atoms with Crippen LogP contribution >= 0.6 is 18.7 Å². The van der Waals surface area contributed by atoms with Crippen LogP contribution in [0.15, 0.2) is 41.3 Å². The number of benzene rings is 1. The summed E-state index contributed by atoms with van der Waals surface area (Å²) in [5.74, 6) is 0.608. The molecule has 2 N–H and O–H groups in total. The first-order valence-corrected chi connectivity index (χ1v) is 13.2. The summed E-state index contributed by atoms with van der Waals surface area (Å²) in [5, 5.41) is 7.24. The highest BCUT2D eigenvalue weighted by Gasteiger charge is 2.20. The third-order valence-electron chi connectivity index (χ3n) is 5.54. The molecule has 10 heteroatoms. The summed E-state index contributed by atoms with van der Waals surface area (Å²) in [4.78, 5) is 23.8. The largest absolute Gasteiger partial charge is 0.338 e. The van der Waals surface area contributed by atoms with E-state index in [1.807, 2.05) is 37.4 Å². The van der Waals surface area contributed by atoms with Crippen molar-refractivity contribution in [1.82, 2.24) is 19.4 Å². The van der Waals surface area contributed by atoms with Crippen molar-refractivity contribution in [2.24, 2.45) is 7.05 Å². The van der Waals surface area contributed by atoms with Crippen LogP contribution in [-0.2, 0) is 24.6 Å². The normalized spacial score (nSPS) is 14.2. The second-order valence-corrected chi connectivity index (χ2v) is 12.0. The van der Waals surface area contributed by atoms with Gasteiger partial charge in [0.1, 0.15) is 17.9 Å². The molecule has 0 bridgehead atoms. The van der Waals surface area contributed by atoms with Crippen molar-refractivity contribution in [1.29, 1.82) is 0 Å². The van der Waals surface area contributed by atoms with Gasteiger partial charge in [0.05, 0.1) is 11.9 Å². The Kier molecular flexibility index (Phi) is 6.12. The third-order valence-corrected chi connectivity index (χ3v) is 7.37. The second kappa shape index (κ2) is 8.70. The molecule has 168 valence electrons. The lowest BCUT2D eigenvalue weighted by atomic mass is 10.0. The fourth-order valence-electron chi connectivity index (χ4n) is 3.81. The molecule has 1 aliphatic heterocycles. The highest BCUT2D eigenvalue weighted by Crippen LogP contribution is 2.38. The van der Waals surface area contributed by atoms with Crippen LogP contribution < -0.4 is 21.5 Å². The van der Waals surface area contributed by atoms with Crippen molar-refractivity contribution in [3.05, 3.63) is 63.2 Å². The molecular formula is C22H26ClN6O2P. The number of anilines is 4. The number of aromatic nitrogens is 3. The summed E-state index contributed by atoms with van der Waals surface area (Å²) in [7, 11) is 1.31. The standard InChI is InChI=1S/C22H26ClN6O2P/c1-28-10-9-14-11-17(21(30)29(2)18(14)13-28)26-22-24-12-15(23)20(27-22)25-16-7-5-6-8-19(16)32(3,4)31/h5-8,11-12H,9-10,13H2,1-4H3,(H2,24,25,26,27). The maximum absolute atomic E-state index is 12.9. The van der Waals surface area contributed by atoms with Gasteiger partial charge in [-0.05, 0) is 50.6 Å². The molecule has 3 aromatic rings. The van der Waals surface area contributed by atoms with Crippen molar-refractivity contribution >= 4 is 47.2 Å². The van der Waals surface area contributed by atoms with Crippen LogP contribution in [0.3, 0.4) is 0 Å². The highest BCUT2D eigenvalue weighted by atomic mass is 35.5. The topological polar surface area (TPSA) is 92.2 Å². The fourth-order valence-corrected chi connectivity index (χ4v) is 5.10. The summed E-state index contributed by atoms with van der Waals surface area (Å²) in [6.07, 6.45) is 2.34. The minimum absolute atomic E-state index is 0.143. The molecule has 0 fully saturated rings. The molecule has 0 atom stereocenters. The van der Waals surface area contributed by atoms with Crippen LogP contribution in [0.5, 0.6) is 0 Å². The van der Waals surface area contributed by atoms with Crippen LogP contribution in [0.1, 0.15) is 11.3 Å². The molecule has 0 aliphatic carbocycles. The van der Waals surface area contributed by atoms with Gasteiger partial charge >= 0.3 is 0 Å². The van der Waals surface area contributed by atoms with Crippen molar-refractivity contribution in [2.45, 2.75) is 13.0 Å². The maximum Gasteiger partial charge on any atom is 0.274 e. The van der Waals surface area contributed by atoms with Crippen molar-refractivity contribution < 1.29 is 4.57 Å². The average molecular weight is 473 g/mol. The van der Waals surface area contributed by atoms with Gasteiger partial charge in [-0.15, -0.1) is 0 Å². The summed E-state index contributed by atoms with van der Waals surface area (Å²) >= 11 is 6.33. The zero-order valence-electron chi connectivity index (χ0n) is 18.5. The first kappa shape index (κ1) is 22.5. The SMILES string of the molecule is CN1CCc2cc(Nc3ncc(Cl)c(Nc4ccccc4P(C)(C)=O)n3)c(=O)n(C)c2C1. The molecular weight excluding hydrogens is 447 g/mol. The number of likely N-dealkylation sites (N-methyl/N-ethyl adjacent to an activating group) is 1. The average Bonchev–Trinajstić information content (AvgIpc) is 2.74. The van der Waals surface area contributed by atoms with E-state index in [9.17, 15) is 9.36 Å². The molecule has 0 amide bonds. The molecule has 1 aromatic carbocycles. The first-order chi connectivity index (χ1) is 15.1. The van der Waals surface area contributed by atoms with Crippen LogP contribution in [-0.4, -0.2) is 46.4 Å². The zero-order chi connectivity index (χ0) is 23.0. The predicted molar refractivity (Wildman–Crippen MR) is 131 cm³/mol. The van der Waals surface area contributed by atoms with Crippen molar-refractivity contribution in [2.75, 3.05) is 37.6 Å². The van der Waals surface area contributed by atoms with Gasteiger partial charge in [0, 0.05) is 31.1 Å². The Morgan fingerprint density at radius 3 is 2.62 bits per heavy atom. The van der Waals surface area contributed by atoms with E-state index >= 15 is 0 Å². The van der Waals surface area contributed by atoms with E-state index in [2.05, 4.69) is 25.5 Å². The van der Waals surface area contributed by atoms with E-state index in [0.717, 1.165) is 30.8 Å². The molecule has 2 aromatic heterocycles. The second-order valence-electron chi connectivity index (χ2n) is 8.39. The highest BCUT2D eigenvalue weighted by molar-refractivity contribution is 7.70. The summed E-state index contributed by atoms with van der Waals surface area (Å²) in [5.41, 5.74) is 3.09. The number of fused-ring (bicyclic) bond motifs is 1. The van der Waals surface area contributed by atoms with Gasteiger partial charge in [-0.25, -0.2) is 4.98 Å². The number of pyridine rings is 1. The van der Waals surface area contributed by atoms with Crippen LogP contribution in [0.4, 0.5) is 23.1 Å². The van der Waals surface area contributed by atoms with Gasteiger partial charge in [0.15, 0.2) is 5.82 Å². The molecule has 0 spiro atoms.